The molecule has 0 aliphatic carbocycles. The van der Waals surface area contributed by atoms with Crippen molar-refractivity contribution in [3.63, 3.8) is 0 Å². The summed E-state index contributed by atoms with van der Waals surface area (Å²) in [6.07, 6.45) is 8.33. The van der Waals surface area contributed by atoms with Crippen LogP contribution in [0, 0.1) is 17.2 Å². The standard InChI is InChI=1S/C10H17N/c1-3-5-6-7-10(4-2)8-9-11/h5-6,10H,3-4,7-8H2,1-2H3/b6-5+. The smallest absolute Gasteiger partial charge is 0.0624 e. The fourth-order valence-corrected chi connectivity index (χ4v) is 0.979. The van der Waals surface area contributed by atoms with Crippen LogP contribution in [0.1, 0.15) is 39.5 Å². The molecule has 0 aromatic carbocycles. The Bertz CT molecular complexity index is 141. The normalized spacial score (nSPS) is 13.2. The van der Waals surface area contributed by atoms with Crippen LogP contribution in [0.3, 0.4) is 0 Å². The lowest BCUT2D eigenvalue weighted by Crippen LogP contribution is -1.94. The molecule has 0 heterocycles. The molecule has 0 N–H and O–H groups in total. The molecule has 1 nitrogen and oxygen atoms in total. The van der Waals surface area contributed by atoms with E-state index in [0.717, 1.165) is 19.3 Å². The molecule has 0 radical (unpaired) electrons. The fraction of sp³-hybridized carbons (Fsp3) is 0.700. The van der Waals surface area contributed by atoms with Crippen LogP contribution >= 0.6 is 0 Å². The van der Waals surface area contributed by atoms with Gasteiger partial charge in [-0.25, -0.2) is 0 Å². The van der Waals surface area contributed by atoms with Crippen molar-refractivity contribution in [2.45, 2.75) is 39.5 Å². The van der Waals surface area contributed by atoms with Crippen LogP contribution in [-0.2, 0) is 0 Å². The van der Waals surface area contributed by atoms with Gasteiger partial charge in [0.2, 0.25) is 0 Å². The minimum atomic E-state index is 0.572. The van der Waals surface area contributed by atoms with Crippen LogP contribution in [0.4, 0.5) is 0 Å². The summed E-state index contributed by atoms with van der Waals surface area (Å²) in [5.74, 6) is 0.572. The second kappa shape index (κ2) is 7.34. The van der Waals surface area contributed by atoms with Gasteiger partial charge in [0.05, 0.1) is 6.07 Å². The summed E-state index contributed by atoms with van der Waals surface area (Å²) < 4.78 is 0. The predicted molar refractivity (Wildman–Crippen MR) is 48.1 cm³/mol. The highest BCUT2D eigenvalue weighted by molar-refractivity contribution is 4.85. The van der Waals surface area contributed by atoms with Gasteiger partial charge in [0.1, 0.15) is 0 Å². The maximum absolute atomic E-state index is 8.45. The topological polar surface area (TPSA) is 23.8 Å². The Morgan fingerprint density at radius 1 is 1.36 bits per heavy atom. The van der Waals surface area contributed by atoms with E-state index in [0.29, 0.717) is 12.3 Å². The SMILES string of the molecule is CC/C=C/CC(CC)CC#N. The zero-order chi connectivity index (χ0) is 8.53. The molecule has 0 aromatic rings. The van der Waals surface area contributed by atoms with Gasteiger partial charge in [-0.15, -0.1) is 0 Å². The van der Waals surface area contributed by atoms with Gasteiger partial charge in [0.25, 0.3) is 0 Å². The van der Waals surface area contributed by atoms with Gasteiger partial charge in [-0.3, -0.25) is 0 Å². The Labute approximate surface area is 69.7 Å². The van der Waals surface area contributed by atoms with Crippen molar-refractivity contribution in [3.8, 4) is 6.07 Å². The molecule has 0 saturated carbocycles. The summed E-state index contributed by atoms with van der Waals surface area (Å²) >= 11 is 0. The second-order valence-electron chi connectivity index (χ2n) is 2.75. The molecule has 1 unspecified atom stereocenters. The molecule has 0 fully saturated rings. The van der Waals surface area contributed by atoms with Gasteiger partial charge >= 0.3 is 0 Å². The Kier molecular flexibility index (Phi) is 6.82. The van der Waals surface area contributed by atoms with Crippen molar-refractivity contribution in [1.29, 1.82) is 5.26 Å². The molecule has 0 aliphatic rings. The first kappa shape index (κ1) is 10.2. The van der Waals surface area contributed by atoms with Crippen molar-refractivity contribution in [3.05, 3.63) is 12.2 Å². The fourth-order valence-electron chi connectivity index (χ4n) is 0.979. The summed E-state index contributed by atoms with van der Waals surface area (Å²) in [5.41, 5.74) is 0. The first-order chi connectivity index (χ1) is 5.35. The number of nitrogens with zero attached hydrogens (tertiary/aromatic N) is 1. The Balaban J connectivity index is 3.53. The van der Waals surface area contributed by atoms with E-state index in [4.69, 9.17) is 5.26 Å². The van der Waals surface area contributed by atoms with Crippen molar-refractivity contribution < 1.29 is 0 Å². The molecule has 0 bridgehead atoms. The van der Waals surface area contributed by atoms with Gasteiger partial charge in [0, 0.05) is 6.42 Å². The Hall–Kier alpha value is -0.770. The summed E-state index contributed by atoms with van der Waals surface area (Å²) in [6, 6.07) is 2.21. The number of allylic oxidation sites excluding steroid dienone is 2. The van der Waals surface area contributed by atoms with Gasteiger partial charge in [0.15, 0.2) is 0 Å². The number of hydrogen-bond donors (Lipinski definition) is 0. The average molecular weight is 151 g/mol. The van der Waals surface area contributed by atoms with E-state index < -0.39 is 0 Å². The molecule has 1 heteroatoms. The van der Waals surface area contributed by atoms with Crippen molar-refractivity contribution in [2.24, 2.45) is 5.92 Å². The Morgan fingerprint density at radius 2 is 2.09 bits per heavy atom. The van der Waals surface area contributed by atoms with Gasteiger partial charge in [-0.1, -0.05) is 32.4 Å². The summed E-state index contributed by atoms with van der Waals surface area (Å²) in [7, 11) is 0. The van der Waals surface area contributed by atoms with E-state index in [-0.39, 0.29) is 0 Å². The highest BCUT2D eigenvalue weighted by Crippen LogP contribution is 2.12. The lowest BCUT2D eigenvalue weighted by atomic mass is 9.99. The first-order valence-corrected chi connectivity index (χ1v) is 4.37. The third kappa shape index (κ3) is 5.66. The molecule has 0 rings (SSSR count). The van der Waals surface area contributed by atoms with Crippen molar-refractivity contribution >= 4 is 0 Å². The third-order valence-electron chi connectivity index (χ3n) is 1.83. The average Bonchev–Trinajstić information content (AvgIpc) is 2.03. The molecule has 0 amide bonds. The van der Waals surface area contributed by atoms with E-state index in [2.05, 4.69) is 32.1 Å². The quantitative estimate of drug-likeness (QED) is 0.553. The monoisotopic (exact) mass is 151 g/mol. The lowest BCUT2D eigenvalue weighted by Gasteiger charge is -2.05. The largest absolute Gasteiger partial charge is 0.198 e. The van der Waals surface area contributed by atoms with E-state index in [1.165, 1.54) is 0 Å². The van der Waals surface area contributed by atoms with E-state index in [9.17, 15) is 0 Å². The number of hydrogen-bond acceptors (Lipinski definition) is 1. The van der Waals surface area contributed by atoms with Crippen LogP contribution in [0.25, 0.3) is 0 Å². The zero-order valence-electron chi connectivity index (χ0n) is 7.51. The minimum Gasteiger partial charge on any atom is -0.198 e. The Morgan fingerprint density at radius 3 is 2.55 bits per heavy atom. The maximum Gasteiger partial charge on any atom is 0.0624 e. The molecule has 0 spiro atoms. The summed E-state index contributed by atoms with van der Waals surface area (Å²) in [4.78, 5) is 0. The number of rotatable bonds is 5. The summed E-state index contributed by atoms with van der Waals surface area (Å²) in [6.45, 7) is 4.27. The second-order valence-corrected chi connectivity index (χ2v) is 2.75. The van der Waals surface area contributed by atoms with Crippen LogP contribution in [0.5, 0.6) is 0 Å². The molecule has 1 atom stereocenters. The lowest BCUT2D eigenvalue weighted by molar-refractivity contribution is 0.528. The van der Waals surface area contributed by atoms with Crippen LogP contribution in [0.15, 0.2) is 12.2 Å². The molecule has 62 valence electrons. The predicted octanol–water partition coefficient (Wildman–Crippen LogP) is 3.28. The van der Waals surface area contributed by atoms with Gasteiger partial charge < -0.3 is 0 Å². The molecule has 11 heavy (non-hydrogen) atoms. The highest BCUT2D eigenvalue weighted by Gasteiger charge is 2.01. The van der Waals surface area contributed by atoms with Gasteiger partial charge in [-0.2, -0.15) is 5.26 Å². The van der Waals surface area contributed by atoms with E-state index in [1.807, 2.05) is 0 Å². The molecule has 0 aromatic heterocycles. The van der Waals surface area contributed by atoms with Crippen molar-refractivity contribution in [2.75, 3.05) is 0 Å². The molecular formula is C10H17N. The molecule has 0 aliphatic heterocycles. The van der Waals surface area contributed by atoms with E-state index in [1.54, 1.807) is 0 Å². The summed E-state index contributed by atoms with van der Waals surface area (Å²) in [5, 5.41) is 8.45. The van der Waals surface area contributed by atoms with Crippen molar-refractivity contribution in [1.82, 2.24) is 0 Å². The molecular weight excluding hydrogens is 134 g/mol. The molecule has 0 saturated heterocycles. The minimum absolute atomic E-state index is 0.572. The van der Waals surface area contributed by atoms with Crippen LogP contribution in [0.2, 0.25) is 0 Å². The number of nitriles is 1. The van der Waals surface area contributed by atoms with Gasteiger partial charge in [-0.05, 0) is 18.8 Å². The first-order valence-electron chi connectivity index (χ1n) is 4.37. The highest BCUT2D eigenvalue weighted by atomic mass is 14.2. The zero-order valence-corrected chi connectivity index (χ0v) is 7.51. The third-order valence-corrected chi connectivity index (χ3v) is 1.83. The van der Waals surface area contributed by atoms with Crippen LogP contribution in [-0.4, -0.2) is 0 Å². The maximum atomic E-state index is 8.45. The van der Waals surface area contributed by atoms with E-state index >= 15 is 0 Å². The van der Waals surface area contributed by atoms with Crippen LogP contribution < -0.4 is 0 Å².